The summed E-state index contributed by atoms with van der Waals surface area (Å²) in [6, 6.07) is 8.72. The highest BCUT2D eigenvalue weighted by Crippen LogP contribution is 2.26. The van der Waals surface area contributed by atoms with Crippen LogP contribution in [0.15, 0.2) is 36.8 Å². The topological polar surface area (TPSA) is 37.8 Å². The molecule has 3 rings (SSSR count). The van der Waals surface area contributed by atoms with Crippen LogP contribution < -0.4 is 5.32 Å². The van der Waals surface area contributed by atoms with E-state index in [-0.39, 0.29) is 0 Å². The van der Waals surface area contributed by atoms with Crippen molar-refractivity contribution in [1.82, 2.24) is 9.97 Å². The average Bonchev–Trinajstić information content (AvgIpc) is 2.46. The zero-order valence-corrected chi connectivity index (χ0v) is 11.4. The third-order valence-electron chi connectivity index (χ3n) is 3.67. The number of fused-ring (bicyclic) bond motifs is 1. The van der Waals surface area contributed by atoms with Crippen LogP contribution in [0.4, 0.5) is 5.82 Å². The molecule has 0 saturated heterocycles. The van der Waals surface area contributed by atoms with Crippen molar-refractivity contribution in [3.63, 3.8) is 0 Å². The monoisotopic (exact) mass is 273 g/mol. The number of benzene rings is 1. The maximum absolute atomic E-state index is 6.04. The summed E-state index contributed by atoms with van der Waals surface area (Å²) in [5.41, 5.74) is 2.98. The Hall–Kier alpha value is -1.61. The fraction of sp³-hybridized carbons (Fsp3) is 0.333. The van der Waals surface area contributed by atoms with Gasteiger partial charge in [-0.1, -0.05) is 35.9 Å². The lowest BCUT2D eigenvalue weighted by Gasteiger charge is -2.25. The summed E-state index contributed by atoms with van der Waals surface area (Å²) in [5, 5.41) is 3.91. The van der Waals surface area contributed by atoms with Gasteiger partial charge in [0, 0.05) is 6.54 Å². The highest BCUT2D eigenvalue weighted by Gasteiger charge is 2.18. The van der Waals surface area contributed by atoms with E-state index in [1.165, 1.54) is 30.3 Å². The summed E-state index contributed by atoms with van der Waals surface area (Å²) < 4.78 is 0. The lowest BCUT2D eigenvalue weighted by atomic mass is 9.84. The van der Waals surface area contributed by atoms with Crippen molar-refractivity contribution in [1.29, 1.82) is 0 Å². The molecular weight excluding hydrogens is 258 g/mol. The molecule has 0 fully saturated rings. The molecule has 0 spiro atoms. The predicted octanol–water partition coefficient (Wildman–Crippen LogP) is 3.35. The number of rotatable bonds is 3. The van der Waals surface area contributed by atoms with Crippen LogP contribution in [0, 0.1) is 5.92 Å². The van der Waals surface area contributed by atoms with Crippen molar-refractivity contribution in [2.75, 3.05) is 11.9 Å². The molecule has 1 aromatic carbocycles. The van der Waals surface area contributed by atoms with Crippen LogP contribution in [0.25, 0.3) is 0 Å². The van der Waals surface area contributed by atoms with Crippen LogP contribution in [-0.2, 0) is 12.8 Å². The first-order chi connectivity index (χ1) is 9.33. The van der Waals surface area contributed by atoms with E-state index in [1.54, 1.807) is 6.20 Å². The van der Waals surface area contributed by atoms with Crippen LogP contribution in [0.5, 0.6) is 0 Å². The molecule has 0 aliphatic heterocycles. The summed E-state index contributed by atoms with van der Waals surface area (Å²) in [5.74, 6) is 1.37. The molecule has 19 heavy (non-hydrogen) atoms. The molecule has 2 aromatic rings. The third kappa shape index (κ3) is 2.87. The normalized spacial score (nSPS) is 17.8. The Morgan fingerprint density at radius 1 is 1.26 bits per heavy atom. The maximum atomic E-state index is 6.04. The maximum Gasteiger partial charge on any atom is 0.148 e. The Morgan fingerprint density at radius 2 is 2.11 bits per heavy atom. The van der Waals surface area contributed by atoms with Crippen molar-refractivity contribution in [2.24, 2.45) is 5.92 Å². The van der Waals surface area contributed by atoms with E-state index in [4.69, 9.17) is 11.6 Å². The van der Waals surface area contributed by atoms with Gasteiger partial charge in [-0.2, -0.15) is 0 Å². The van der Waals surface area contributed by atoms with E-state index in [0.29, 0.717) is 10.9 Å². The van der Waals surface area contributed by atoms with Crippen molar-refractivity contribution in [2.45, 2.75) is 19.3 Å². The van der Waals surface area contributed by atoms with Gasteiger partial charge in [-0.3, -0.25) is 0 Å². The minimum atomic E-state index is 0.582. The van der Waals surface area contributed by atoms with E-state index in [1.807, 2.05) is 0 Å². The summed E-state index contributed by atoms with van der Waals surface area (Å²) in [4.78, 5) is 8.04. The van der Waals surface area contributed by atoms with E-state index in [2.05, 4.69) is 39.6 Å². The molecule has 4 heteroatoms. The van der Waals surface area contributed by atoms with Gasteiger partial charge < -0.3 is 5.32 Å². The molecule has 1 heterocycles. The Labute approximate surface area is 118 Å². The van der Waals surface area contributed by atoms with Gasteiger partial charge in [-0.15, -0.1) is 0 Å². The largest absolute Gasteiger partial charge is 0.368 e. The summed E-state index contributed by atoms with van der Waals surface area (Å²) in [6.45, 7) is 0.908. The number of anilines is 1. The Morgan fingerprint density at radius 3 is 2.95 bits per heavy atom. The van der Waals surface area contributed by atoms with Crippen molar-refractivity contribution >= 4 is 17.4 Å². The molecule has 0 bridgehead atoms. The van der Waals surface area contributed by atoms with Gasteiger partial charge in [0.05, 0.1) is 6.20 Å². The molecular formula is C15H16ClN3. The number of nitrogens with zero attached hydrogens (tertiary/aromatic N) is 2. The summed E-state index contributed by atoms with van der Waals surface area (Å²) in [6.07, 6.45) is 6.65. The lowest BCUT2D eigenvalue weighted by Crippen LogP contribution is -2.22. The average molecular weight is 274 g/mol. The molecule has 0 amide bonds. The second-order valence-electron chi connectivity index (χ2n) is 4.98. The van der Waals surface area contributed by atoms with Crippen LogP contribution >= 0.6 is 11.6 Å². The van der Waals surface area contributed by atoms with Gasteiger partial charge in [0.2, 0.25) is 0 Å². The van der Waals surface area contributed by atoms with Crippen molar-refractivity contribution in [3.05, 3.63) is 52.9 Å². The molecule has 1 N–H and O–H groups in total. The zero-order chi connectivity index (χ0) is 13.1. The van der Waals surface area contributed by atoms with Gasteiger partial charge in [0.15, 0.2) is 0 Å². The minimum Gasteiger partial charge on any atom is -0.368 e. The van der Waals surface area contributed by atoms with Gasteiger partial charge in [0.25, 0.3) is 0 Å². The fourth-order valence-electron chi connectivity index (χ4n) is 2.63. The highest BCUT2D eigenvalue weighted by molar-refractivity contribution is 6.32. The predicted molar refractivity (Wildman–Crippen MR) is 77.5 cm³/mol. The first-order valence-electron chi connectivity index (χ1n) is 6.59. The van der Waals surface area contributed by atoms with E-state index < -0.39 is 0 Å². The molecule has 1 aliphatic carbocycles. The standard InChI is InChI=1S/C15H16ClN3/c16-14-9-17-10-19-15(14)18-8-11-5-6-12-3-1-2-4-13(12)7-11/h1-4,9-11H,5-8H2,(H,17,18,19). The SMILES string of the molecule is Clc1cncnc1NCC1CCc2ccccc2C1. The first kappa shape index (κ1) is 12.4. The first-order valence-corrected chi connectivity index (χ1v) is 6.97. The van der Waals surface area contributed by atoms with E-state index in [0.717, 1.165) is 18.8 Å². The van der Waals surface area contributed by atoms with Crippen molar-refractivity contribution < 1.29 is 0 Å². The van der Waals surface area contributed by atoms with Crippen LogP contribution in [-0.4, -0.2) is 16.5 Å². The number of hydrogen-bond acceptors (Lipinski definition) is 3. The molecule has 1 aromatic heterocycles. The second kappa shape index (κ2) is 5.57. The fourth-order valence-corrected chi connectivity index (χ4v) is 2.80. The molecule has 1 unspecified atom stereocenters. The van der Waals surface area contributed by atoms with E-state index >= 15 is 0 Å². The lowest BCUT2D eigenvalue weighted by molar-refractivity contribution is 0.480. The van der Waals surface area contributed by atoms with Gasteiger partial charge >= 0.3 is 0 Å². The zero-order valence-electron chi connectivity index (χ0n) is 10.6. The van der Waals surface area contributed by atoms with Crippen LogP contribution in [0.1, 0.15) is 17.5 Å². The number of nitrogens with one attached hydrogen (secondary N) is 1. The Kier molecular flexibility index (Phi) is 3.65. The smallest absolute Gasteiger partial charge is 0.148 e. The van der Waals surface area contributed by atoms with Gasteiger partial charge in [0.1, 0.15) is 17.2 Å². The molecule has 98 valence electrons. The van der Waals surface area contributed by atoms with E-state index in [9.17, 15) is 0 Å². The molecule has 0 saturated carbocycles. The third-order valence-corrected chi connectivity index (χ3v) is 3.95. The van der Waals surface area contributed by atoms with Crippen LogP contribution in [0.3, 0.4) is 0 Å². The molecule has 3 nitrogen and oxygen atoms in total. The molecule has 1 atom stereocenters. The molecule has 0 radical (unpaired) electrons. The second-order valence-corrected chi connectivity index (χ2v) is 5.38. The number of aryl methyl sites for hydroxylation is 1. The van der Waals surface area contributed by atoms with Gasteiger partial charge in [-0.25, -0.2) is 9.97 Å². The Bertz CT molecular complexity index is 571. The quantitative estimate of drug-likeness (QED) is 0.932. The summed E-state index contributed by atoms with van der Waals surface area (Å²) >= 11 is 6.04. The highest BCUT2D eigenvalue weighted by atomic mass is 35.5. The van der Waals surface area contributed by atoms with Gasteiger partial charge in [-0.05, 0) is 36.3 Å². The minimum absolute atomic E-state index is 0.582. The number of hydrogen-bond donors (Lipinski definition) is 1. The number of halogens is 1. The Balaban J connectivity index is 1.62. The summed E-state index contributed by atoms with van der Waals surface area (Å²) in [7, 11) is 0. The van der Waals surface area contributed by atoms with Crippen LogP contribution in [0.2, 0.25) is 5.02 Å². The van der Waals surface area contributed by atoms with Crippen molar-refractivity contribution in [3.8, 4) is 0 Å². The molecule has 1 aliphatic rings. The number of aromatic nitrogens is 2.